The second-order valence-electron chi connectivity index (χ2n) is 9.50. The van der Waals surface area contributed by atoms with Gasteiger partial charge in [0.2, 0.25) is 20.0 Å². The first kappa shape index (κ1) is 27.2. The first-order valence-electron chi connectivity index (χ1n) is 12.1. The van der Waals surface area contributed by atoms with Gasteiger partial charge < -0.3 is 10.2 Å². The minimum atomic E-state index is -3.71. The lowest BCUT2D eigenvalue weighted by atomic mass is 9.99. The molecule has 4 rings (SSSR count). The molecule has 0 spiro atoms. The molecule has 0 saturated carbocycles. The third-order valence-corrected chi connectivity index (χ3v) is 11.0. The van der Waals surface area contributed by atoms with Crippen molar-refractivity contribution in [2.24, 2.45) is 11.8 Å². The van der Waals surface area contributed by atoms with E-state index in [4.69, 9.17) is 10.2 Å². The van der Waals surface area contributed by atoms with Crippen molar-refractivity contribution in [3.63, 3.8) is 0 Å². The Hall–Kier alpha value is -2.80. The van der Waals surface area contributed by atoms with Crippen LogP contribution in [-0.2, 0) is 36.1 Å². The molecular formula is C25H30N2O8S2. The molecule has 0 bridgehead atoms. The van der Waals surface area contributed by atoms with Gasteiger partial charge in [0.1, 0.15) is 0 Å². The predicted molar refractivity (Wildman–Crippen MR) is 134 cm³/mol. The van der Waals surface area contributed by atoms with Crippen molar-refractivity contribution < 1.29 is 36.6 Å². The molecule has 10 nitrogen and oxygen atoms in total. The number of sulfonamides is 2. The van der Waals surface area contributed by atoms with E-state index in [9.17, 15) is 26.4 Å². The van der Waals surface area contributed by atoms with E-state index >= 15 is 0 Å². The Labute approximate surface area is 216 Å². The fourth-order valence-electron chi connectivity index (χ4n) is 4.78. The van der Waals surface area contributed by atoms with Crippen LogP contribution in [0.5, 0.6) is 0 Å². The van der Waals surface area contributed by atoms with Gasteiger partial charge in [-0.2, -0.15) is 8.61 Å². The molecule has 2 N–H and O–H groups in total. The highest BCUT2D eigenvalue weighted by Gasteiger charge is 2.33. The van der Waals surface area contributed by atoms with E-state index in [0.717, 1.165) is 11.1 Å². The molecule has 2 aliphatic heterocycles. The van der Waals surface area contributed by atoms with Gasteiger partial charge in [0.25, 0.3) is 0 Å². The molecule has 2 aromatic rings. The van der Waals surface area contributed by atoms with Crippen molar-refractivity contribution in [3.8, 4) is 0 Å². The largest absolute Gasteiger partial charge is 0.481 e. The van der Waals surface area contributed by atoms with Crippen LogP contribution in [0.15, 0.2) is 58.3 Å². The molecule has 12 heteroatoms. The van der Waals surface area contributed by atoms with Crippen molar-refractivity contribution in [1.29, 1.82) is 0 Å². The summed E-state index contributed by atoms with van der Waals surface area (Å²) in [6.07, 6.45) is 1.64. The predicted octanol–water partition coefficient (Wildman–Crippen LogP) is 2.25. The molecule has 2 fully saturated rings. The second-order valence-corrected chi connectivity index (χ2v) is 13.4. The Balaban J connectivity index is 1.38. The standard InChI is InChI=1S/C25H30N2O8S2/c28-24(29)20-9-13-26(14-10-20)36(32,33)22-5-1-18(2-6-22)17-19-3-7-23(8-4-19)37(34,35)27-15-11-21(12-16-27)25(30)31/h1-8,20-21H,9-17H2,(H,28,29)(H,30,31). The normalized spacial score (nSPS) is 19.0. The molecule has 0 amide bonds. The van der Waals surface area contributed by atoms with E-state index in [1.54, 1.807) is 24.3 Å². The minimum absolute atomic E-state index is 0.151. The van der Waals surface area contributed by atoms with E-state index in [-0.39, 0.29) is 36.0 Å². The number of benzene rings is 2. The summed E-state index contributed by atoms with van der Waals surface area (Å²) in [7, 11) is -7.41. The maximum atomic E-state index is 12.9. The molecule has 2 heterocycles. The van der Waals surface area contributed by atoms with Crippen LogP contribution in [0.25, 0.3) is 0 Å². The fraction of sp³-hybridized carbons (Fsp3) is 0.440. The molecule has 0 unspecified atom stereocenters. The molecule has 0 aromatic heterocycles. The van der Waals surface area contributed by atoms with Crippen LogP contribution in [0.4, 0.5) is 0 Å². The second kappa shape index (κ2) is 10.9. The van der Waals surface area contributed by atoms with Gasteiger partial charge in [-0.1, -0.05) is 24.3 Å². The molecule has 200 valence electrons. The lowest BCUT2D eigenvalue weighted by Gasteiger charge is -2.29. The van der Waals surface area contributed by atoms with Crippen LogP contribution in [0, 0.1) is 11.8 Å². The highest BCUT2D eigenvalue weighted by molar-refractivity contribution is 7.89. The van der Waals surface area contributed by atoms with Crippen LogP contribution in [-0.4, -0.2) is 73.8 Å². The Morgan fingerprint density at radius 3 is 1.19 bits per heavy atom. The molecular weight excluding hydrogens is 520 g/mol. The number of piperidine rings is 2. The molecule has 0 aliphatic carbocycles. The van der Waals surface area contributed by atoms with E-state index < -0.39 is 43.8 Å². The van der Waals surface area contributed by atoms with Crippen molar-refractivity contribution in [2.75, 3.05) is 26.2 Å². The van der Waals surface area contributed by atoms with Gasteiger partial charge in [-0.3, -0.25) is 9.59 Å². The quantitative estimate of drug-likeness (QED) is 0.508. The molecule has 2 aromatic carbocycles. The maximum absolute atomic E-state index is 12.9. The number of hydrogen-bond donors (Lipinski definition) is 2. The summed E-state index contributed by atoms with van der Waals surface area (Å²) in [6.45, 7) is 0.698. The Morgan fingerprint density at radius 1 is 0.622 bits per heavy atom. The number of carboxylic acids is 2. The molecule has 37 heavy (non-hydrogen) atoms. The van der Waals surface area contributed by atoms with Crippen molar-refractivity contribution >= 4 is 32.0 Å². The first-order chi connectivity index (χ1) is 17.5. The summed E-state index contributed by atoms with van der Waals surface area (Å²) < 4.78 is 54.4. The van der Waals surface area contributed by atoms with Crippen molar-refractivity contribution in [1.82, 2.24) is 8.61 Å². The number of carbonyl (C=O) groups is 2. The SMILES string of the molecule is O=C(O)C1CCN(S(=O)(=O)c2ccc(Cc3ccc(S(=O)(=O)N4CCC(C(=O)O)CC4)cc3)cc2)CC1. The van der Waals surface area contributed by atoms with Gasteiger partial charge in [0, 0.05) is 26.2 Å². The lowest BCUT2D eigenvalue weighted by Crippen LogP contribution is -2.40. The van der Waals surface area contributed by atoms with Crippen molar-refractivity contribution in [2.45, 2.75) is 41.9 Å². The molecule has 2 aliphatic rings. The van der Waals surface area contributed by atoms with Gasteiger partial charge in [-0.25, -0.2) is 16.8 Å². The minimum Gasteiger partial charge on any atom is -0.481 e. The van der Waals surface area contributed by atoms with Crippen LogP contribution >= 0.6 is 0 Å². The highest BCUT2D eigenvalue weighted by atomic mass is 32.2. The van der Waals surface area contributed by atoms with Crippen LogP contribution in [0.1, 0.15) is 36.8 Å². The molecule has 0 atom stereocenters. The van der Waals surface area contributed by atoms with Gasteiger partial charge in [0.05, 0.1) is 21.6 Å². The molecule has 0 radical (unpaired) electrons. The zero-order valence-corrected chi connectivity index (χ0v) is 21.8. The van der Waals surface area contributed by atoms with Gasteiger partial charge in [0.15, 0.2) is 0 Å². The number of nitrogens with zero attached hydrogens (tertiary/aromatic N) is 2. The van der Waals surface area contributed by atoms with Crippen LogP contribution in [0.3, 0.4) is 0 Å². The van der Waals surface area contributed by atoms with Crippen LogP contribution < -0.4 is 0 Å². The smallest absolute Gasteiger partial charge is 0.306 e. The third kappa shape index (κ3) is 6.03. The Bertz CT molecular complexity index is 1230. The van der Waals surface area contributed by atoms with E-state index in [1.807, 2.05) is 0 Å². The van der Waals surface area contributed by atoms with Gasteiger partial charge in [-0.05, 0) is 67.5 Å². The number of hydrogen-bond acceptors (Lipinski definition) is 6. The fourth-order valence-corrected chi connectivity index (χ4v) is 7.72. The summed E-state index contributed by atoms with van der Waals surface area (Å²) in [5.41, 5.74) is 1.71. The number of aliphatic carboxylic acids is 2. The summed E-state index contributed by atoms with van der Waals surface area (Å²) >= 11 is 0. The number of carboxylic acid groups (broad SMARTS) is 2. The topological polar surface area (TPSA) is 149 Å². The first-order valence-corrected chi connectivity index (χ1v) is 15.0. The van der Waals surface area contributed by atoms with E-state index in [2.05, 4.69) is 0 Å². The monoisotopic (exact) mass is 550 g/mol. The zero-order chi connectivity index (χ0) is 26.8. The average molecular weight is 551 g/mol. The maximum Gasteiger partial charge on any atom is 0.306 e. The summed E-state index contributed by atoms with van der Waals surface area (Å²) in [5.74, 6) is -2.82. The van der Waals surface area contributed by atoms with Gasteiger partial charge in [-0.15, -0.1) is 0 Å². The number of rotatable bonds is 8. The van der Waals surface area contributed by atoms with Gasteiger partial charge >= 0.3 is 11.9 Å². The molecule has 2 saturated heterocycles. The zero-order valence-electron chi connectivity index (χ0n) is 20.2. The van der Waals surface area contributed by atoms with Crippen molar-refractivity contribution in [3.05, 3.63) is 59.7 Å². The average Bonchev–Trinajstić information content (AvgIpc) is 2.89. The van der Waals surface area contributed by atoms with E-state index in [0.29, 0.717) is 32.1 Å². The van der Waals surface area contributed by atoms with E-state index in [1.165, 1.54) is 32.9 Å². The lowest BCUT2D eigenvalue weighted by molar-refractivity contribution is -0.143. The summed E-state index contributed by atoms with van der Waals surface area (Å²) in [4.78, 5) is 22.5. The summed E-state index contributed by atoms with van der Waals surface area (Å²) in [5, 5.41) is 18.2. The third-order valence-electron chi connectivity index (χ3n) is 7.14. The summed E-state index contributed by atoms with van der Waals surface area (Å²) in [6, 6.07) is 13.0. The Kier molecular flexibility index (Phi) is 8.02. The highest BCUT2D eigenvalue weighted by Crippen LogP contribution is 2.26. The Morgan fingerprint density at radius 2 is 0.919 bits per heavy atom. The van der Waals surface area contributed by atoms with Crippen LogP contribution in [0.2, 0.25) is 0 Å².